The summed E-state index contributed by atoms with van der Waals surface area (Å²) in [6.07, 6.45) is 5.36. The minimum absolute atomic E-state index is 0.0166. The van der Waals surface area contributed by atoms with Crippen LogP contribution in [-0.4, -0.2) is 29.4 Å². The van der Waals surface area contributed by atoms with Crippen molar-refractivity contribution in [3.8, 4) is 0 Å². The molecule has 3 N–H and O–H groups in total. The molecule has 4 atom stereocenters. The van der Waals surface area contributed by atoms with Crippen molar-refractivity contribution in [2.24, 2.45) is 23.7 Å². The fourth-order valence-electron chi connectivity index (χ4n) is 4.23. The Kier molecular flexibility index (Phi) is 3.40. The normalized spacial score (nSPS) is 29.9. The molecule has 6 nitrogen and oxygen atoms in total. The van der Waals surface area contributed by atoms with Crippen LogP contribution in [0.15, 0.2) is 30.4 Å². The molecule has 6 heteroatoms. The van der Waals surface area contributed by atoms with Gasteiger partial charge in [0, 0.05) is 17.8 Å². The maximum Gasteiger partial charge on any atom is 0.307 e. The van der Waals surface area contributed by atoms with E-state index in [2.05, 4.69) is 10.6 Å². The van der Waals surface area contributed by atoms with Gasteiger partial charge in [0.2, 0.25) is 5.91 Å². The van der Waals surface area contributed by atoms with E-state index in [-0.39, 0.29) is 23.7 Å². The number of carbonyl (C=O) groups is 3. The Bertz CT molecular complexity index is 770. The summed E-state index contributed by atoms with van der Waals surface area (Å²) >= 11 is 0. The molecule has 0 aromatic heterocycles. The van der Waals surface area contributed by atoms with Crippen LogP contribution in [0, 0.1) is 23.7 Å². The van der Waals surface area contributed by atoms with Gasteiger partial charge < -0.3 is 15.7 Å². The smallest absolute Gasteiger partial charge is 0.307 e. The summed E-state index contributed by atoms with van der Waals surface area (Å²) in [5.74, 6) is -2.64. The molecular formula is C18H18N2O4. The molecule has 0 unspecified atom stereocenters. The van der Waals surface area contributed by atoms with Crippen molar-refractivity contribution in [2.45, 2.75) is 12.8 Å². The van der Waals surface area contributed by atoms with E-state index in [0.29, 0.717) is 17.8 Å². The van der Waals surface area contributed by atoms with E-state index >= 15 is 0 Å². The number of rotatable bonds is 3. The SMILES string of the molecule is O=C1NCCc2ccc(NC(=O)[C@@H]3[C@H](C(=O)O)[C@H]4C=C[C@H]3C4)cc21. The molecule has 1 saturated carbocycles. The van der Waals surface area contributed by atoms with E-state index in [1.807, 2.05) is 18.2 Å². The van der Waals surface area contributed by atoms with Gasteiger partial charge in [-0.2, -0.15) is 0 Å². The Balaban J connectivity index is 1.56. The van der Waals surface area contributed by atoms with Gasteiger partial charge in [0.1, 0.15) is 0 Å². The zero-order chi connectivity index (χ0) is 16.8. The molecule has 4 rings (SSSR count). The molecule has 2 bridgehead atoms. The first kappa shape index (κ1) is 14.9. The molecule has 1 aromatic carbocycles. The van der Waals surface area contributed by atoms with Gasteiger partial charge in [-0.05, 0) is 42.4 Å². The van der Waals surface area contributed by atoms with Crippen molar-refractivity contribution < 1.29 is 19.5 Å². The Morgan fingerprint density at radius 3 is 2.67 bits per heavy atom. The third-order valence-corrected chi connectivity index (χ3v) is 5.35. The second-order valence-electron chi connectivity index (χ2n) is 6.71. The van der Waals surface area contributed by atoms with Crippen LogP contribution in [0.5, 0.6) is 0 Å². The molecule has 24 heavy (non-hydrogen) atoms. The monoisotopic (exact) mass is 326 g/mol. The van der Waals surface area contributed by atoms with Crippen molar-refractivity contribution >= 4 is 23.5 Å². The highest BCUT2D eigenvalue weighted by molar-refractivity contribution is 6.00. The van der Waals surface area contributed by atoms with E-state index in [4.69, 9.17) is 0 Å². The van der Waals surface area contributed by atoms with Crippen LogP contribution in [0.25, 0.3) is 0 Å². The molecule has 2 amide bonds. The summed E-state index contributed by atoms with van der Waals surface area (Å²) in [6, 6.07) is 5.29. The van der Waals surface area contributed by atoms with Gasteiger partial charge in [-0.25, -0.2) is 0 Å². The third-order valence-electron chi connectivity index (χ3n) is 5.35. The topological polar surface area (TPSA) is 95.5 Å². The van der Waals surface area contributed by atoms with Crippen LogP contribution < -0.4 is 10.6 Å². The number of amides is 2. The Labute approximate surface area is 138 Å². The van der Waals surface area contributed by atoms with E-state index in [1.165, 1.54) is 0 Å². The molecule has 1 heterocycles. The van der Waals surface area contributed by atoms with Crippen molar-refractivity contribution in [2.75, 3.05) is 11.9 Å². The van der Waals surface area contributed by atoms with Gasteiger partial charge in [-0.1, -0.05) is 18.2 Å². The Morgan fingerprint density at radius 1 is 1.17 bits per heavy atom. The molecule has 1 aromatic rings. The molecule has 1 fully saturated rings. The maximum absolute atomic E-state index is 12.7. The van der Waals surface area contributed by atoms with Crippen LogP contribution in [0.1, 0.15) is 22.3 Å². The summed E-state index contributed by atoms with van der Waals surface area (Å²) in [6.45, 7) is 0.620. The predicted octanol–water partition coefficient (Wildman–Crippen LogP) is 1.43. The molecular weight excluding hydrogens is 308 g/mol. The molecule has 2 aliphatic carbocycles. The van der Waals surface area contributed by atoms with Gasteiger partial charge >= 0.3 is 5.97 Å². The highest BCUT2D eigenvalue weighted by Crippen LogP contribution is 2.48. The number of hydrogen-bond donors (Lipinski definition) is 3. The number of fused-ring (bicyclic) bond motifs is 3. The van der Waals surface area contributed by atoms with Crippen LogP contribution >= 0.6 is 0 Å². The number of hydrogen-bond acceptors (Lipinski definition) is 3. The number of carboxylic acid groups (broad SMARTS) is 1. The van der Waals surface area contributed by atoms with Gasteiger partial charge in [0.15, 0.2) is 0 Å². The van der Waals surface area contributed by atoms with Gasteiger partial charge in [-0.15, -0.1) is 0 Å². The van der Waals surface area contributed by atoms with Crippen molar-refractivity contribution in [1.82, 2.24) is 5.32 Å². The number of benzene rings is 1. The van der Waals surface area contributed by atoms with Gasteiger partial charge in [-0.3, -0.25) is 14.4 Å². The van der Waals surface area contributed by atoms with Crippen LogP contribution in [0.3, 0.4) is 0 Å². The summed E-state index contributed by atoms with van der Waals surface area (Å²) in [7, 11) is 0. The van der Waals surface area contributed by atoms with Crippen LogP contribution in [0.2, 0.25) is 0 Å². The molecule has 0 radical (unpaired) electrons. The minimum Gasteiger partial charge on any atom is -0.481 e. The molecule has 3 aliphatic rings. The largest absolute Gasteiger partial charge is 0.481 e. The predicted molar refractivity (Wildman–Crippen MR) is 86.5 cm³/mol. The highest BCUT2D eigenvalue weighted by atomic mass is 16.4. The first-order valence-corrected chi connectivity index (χ1v) is 8.17. The Hall–Kier alpha value is -2.63. The summed E-state index contributed by atoms with van der Waals surface area (Å²) < 4.78 is 0. The van der Waals surface area contributed by atoms with Crippen LogP contribution in [-0.2, 0) is 16.0 Å². The number of nitrogens with one attached hydrogen (secondary N) is 2. The lowest BCUT2D eigenvalue weighted by Crippen LogP contribution is -2.36. The van der Waals surface area contributed by atoms with Gasteiger partial charge in [0.25, 0.3) is 5.91 Å². The average molecular weight is 326 g/mol. The van der Waals surface area contributed by atoms with Crippen molar-refractivity contribution in [3.05, 3.63) is 41.5 Å². The molecule has 0 saturated heterocycles. The second-order valence-corrected chi connectivity index (χ2v) is 6.71. The fourth-order valence-corrected chi connectivity index (χ4v) is 4.23. The first-order valence-electron chi connectivity index (χ1n) is 8.17. The lowest BCUT2D eigenvalue weighted by molar-refractivity contribution is -0.146. The number of carbonyl (C=O) groups excluding carboxylic acids is 2. The average Bonchev–Trinajstić information content (AvgIpc) is 3.16. The van der Waals surface area contributed by atoms with E-state index < -0.39 is 17.8 Å². The summed E-state index contributed by atoms with van der Waals surface area (Å²) in [4.78, 5) is 36.1. The number of allylic oxidation sites excluding steroid dienone is 2. The third kappa shape index (κ3) is 2.29. The van der Waals surface area contributed by atoms with E-state index in [1.54, 1.807) is 12.1 Å². The number of aliphatic carboxylic acids is 1. The number of carboxylic acids is 1. The van der Waals surface area contributed by atoms with Crippen LogP contribution in [0.4, 0.5) is 5.69 Å². The molecule has 1 aliphatic heterocycles. The van der Waals surface area contributed by atoms with Crippen molar-refractivity contribution in [1.29, 1.82) is 0 Å². The lowest BCUT2D eigenvalue weighted by atomic mass is 9.82. The van der Waals surface area contributed by atoms with E-state index in [0.717, 1.165) is 18.4 Å². The second kappa shape index (κ2) is 5.47. The van der Waals surface area contributed by atoms with Crippen molar-refractivity contribution in [3.63, 3.8) is 0 Å². The molecule has 0 spiro atoms. The summed E-state index contributed by atoms with van der Waals surface area (Å²) in [5, 5.41) is 15.0. The zero-order valence-electron chi connectivity index (χ0n) is 13.0. The molecule has 124 valence electrons. The quantitative estimate of drug-likeness (QED) is 0.732. The fraction of sp³-hybridized carbons (Fsp3) is 0.389. The minimum atomic E-state index is -0.920. The first-order chi connectivity index (χ1) is 11.5. The standard InChI is InChI=1S/C18H18N2O4/c21-16-13-8-12(4-3-9(13)5-6-19-16)20-17(22)14-10-1-2-11(7-10)15(14)18(23)24/h1-4,8,10-11,14-15H,5-7H2,(H,19,21)(H,20,22)(H,23,24)/t10-,11-,14-,15+/m0/s1. The Morgan fingerprint density at radius 2 is 1.92 bits per heavy atom. The number of anilines is 1. The zero-order valence-corrected chi connectivity index (χ0v) is 13.0. The van der Waals surface area contributed by atoms with E-state index in [9.17, 15) is 19.5 Å². The maximum atomic E-state index is 12.7. The van der Waals surface area contributed by atoms with Gasteiger partial charge in [0.05, 0.1) is 11.8 Å². The summed E-state index contributed by atoms with van der Waals surface area (Å²) in [5.41, 5.74) is 2.07. The highest BCUT2D eigenvalue weighted by Gasteiger charge is 2.51. The lowest BCUT2D eigenvalue weighted by Gasteiger charge is -2.24.